The molecule has 3 nitrogen and oxygen atoms in total. The lowest BCUT2D eigenvalue weighted by Crippen LogP contribution is -2.07. The van der Waals surface area contributed by atoms with Crippen molar-refractivity contribution in [1.29, 1.82) is 0 Å². The van der Waals surface area contributed by atoms with Crippen molar-refractivity contribution in [2.24, 2.45) is 0 Å². The fourth-order valence-electron chi connectivity index (χ4n) is 2.12. The van der Waals surface area contributed by atoms with Gasteiger partial charge >= 0.3 is 0 Å². The van der Waals surface area contributed by atoms with E-state index >= 15 is 0 Å². The monoisotopic (exact) mass is 276 g/mol. The second kappa shape index (κ2) is 6.66. The topological polar surface area (TPSA) is 34.9 Å². The van der Waals surface area contributed by atoms with E-state index in [1.54, 1.807) is 0 Å². The van der Waals surface area contributed by atoms with Crippen LogP contribution in [0.3, 0.4) is 0 Å². The molecule has 0 atom stereocenters. The van der Waals surface area contributed by atoms with Crippen molar-refractivity contribution in [3.05, 3.63) is 39.8 Å². The van der Waals surface area contributed by atoms with E-state index in [0.717, 1.165) is 36.4 Å². The molecule has 4 heteroatoms. The fourth-order valence-corrected chi connectivity index (χ4v) is 2.81. The summed E-state index contributed by atoms with van der Waals surface area (Å²) >= 11 is 1.52. The van der Waals surface area contributed by atoms with Crippen molar-refractivity contribution in [1.82, 2.24) is 9.78 Å². The van der Waals surface area contributed by atoms with Gasteiger partial charge in [0.2, 0.25) is 0 Å². The van der Waals surface area contributed by atoms with E-state index < -0.39 is 0 Å². The highest BCUT2D eigenvalue weighted by Crippen LogP contribution is 2.13. The van der Waals surface area contributed by atoms with Gasteiger partial charge in [0.1, 0.15) is 0 Å². The number of ketones is 1. The molecule has 2 aromatic heterocycles. The molecule has 2 aromatic rings. The van der Waals surface area contributed by atoms with Crippen LogP contribution < -0.4 is 0 Å². The Balaban J connectivity index is 1.88. The first-order valence-corrected chi connectivity index (χ1v) is 7.74. The van der Waals surface area contributed by atoms with Gasteiger partial charge < -0.3 is 0 Å². The number of hydrogen-bond donors (Lipinski definition) is 0. The van der Waals surface area contributed by atoms with Crippen molar-refractivity contribution < 1.29 is 4.79 Å². The number of rotatable bonds is 7. The summed E-state index contributed by atoms with van der Waals surface area (Å²) < 4.78 is 2.06. The Labute approximate surface area is 118 Å². The van der Waals surface area contributed by atoms with Crippen LogP contribution in [-0.2, 0) is 19.4 Å². The third-order valence-corrected chi connectivity index (χ3v) is 4.12. The first-order chi connectivity index (χ1) is 9.24. The highest BCUT2D eigenvalue weighted by molar-refractivity contribution is 7.12. The predicted molar refractivity (Wildman–Crippen MR) is 78.9 cm³/mol. The van der Waals surface area contributed by atoms with E-state index in [1.807, 2.05) is 17.5 Å². The molecule has 0 saturated heterocycles. The number of aryl methyl sites for hydroxylation is 3. The Morgan fingerprint density at radius 2 is 2.21 bits per heavy atom. The quantitative estimate of drug-likeness (QED) is 0.722. The van der Waals surface area contributed by atoms with Crippen molar-refractivity contribution in [2.75, 3.05) is 0 Å². The Hall–Kier alpha value is -1.42. The molecule has 0 aromatic carbocycles. The average molecular weight is 276 g/mol. The van der Waals surface area contributed by atoms with Gasteiger partial charge in [-0.3, -0.25) is 9.48 Å². The van der Waals surface area contributed by atoms with Crippen LogP contribution in [0.25, 0.3) is 0 Å². The number of carbonyl (C=O) groups excluding carboxylic acids is 1. The van der Waals surface area contributed by atoms with Crippen molar-refractivity contribution in [3.63, 3.8) is 0 Å². The van der Waals surface area contributed by atoms with Crippen LogP contribution in [0, 0.1) is 0 Å². The molecule has 0 bridgehead atoms. The normalized spacial score (nSPS) is 10.8. The van der Waals surface area contributed by atoms with Gasteiger partial charge in [-0.15, -0.1) is 11.3 Å². The summed E-state index contributed by atoms with van der Waals surface area (Å²) in [4.78, 5) is 12.8. The molecule has 0 aliphatic carbocycles. The molecule has 2 heterocycles. The van der Waals surface area contributed by atoms with Crippen molar-refractivity contribution >= 4 is 17.1 Å². The maximum Gasteiger partial charge on any atom is 0.172 e. The van der Waals surface area contributed by atoms with Gasteiger partial charge in [-0.05, 0) is 36.8 Å². The van der Waals surface area contributed by atoms with Crippen LogP contribution in [0.2, 0.25) is 0 Å². The van der Waals surface area contributed by atoms with Crippen LogP contribution in [0.15, 0.2) is 23.6 Å². The molecule has 0 radical (unpaired) electrons. The van der Waals surface area contributed by atoms with Gasteiger partial charge in [-0.1, -0.05) is 19.9 Å². The molecular weight excluding hydrogens is 256 g/mol. The second-order valence-electron chi connectivity index (χ2n) is 4.56. The molecule has 0 spiro atoms. The summed E-state index contributed by atoms with van der Waals surface area (Å²) in [6.07, 6.45) is 3.42. The molecular formula is C15H20N2OS. The number of thiophene rings is 1. The molecule has 102 valence electrons. The first-order valence-electron chi connectivity index (χ1n) is 6.86. The van der Waals surface area contributed by atoms with E-state index in [1.165, 1.54) is 17.0 Å². The van der Waals surface area contributed by atoms with Gasteiger partial charge in [0.25, 0.3) is 0 Å². The molecule has 0 saturated carbocycles. The molecule has 0 N–H and O–H groups in total. The largest absolute Gasteiger partial charge is 0.293 e. The summed E-state index contributed by atoms with van der Waals surface area (Å²) in [6, 6.07) is 5.99. The third kappa shape index (κ3) is 3.53. The average Bonchev–Trinajstić information content (AvgIpc) is 3.07. The first kappa shape index (κ1) is 14.0. The molecule has 0 fully saturated rings. The van der Waals surface area contributed by atoms with Crippen LogP contribution in [-0.4, -0.2) is 15.6 Å². The fraction of sp³-hybridized carbons (Fsp3) is 0.467. The molecule has 0 aliphatic rings. The molecule has 0 unspecified atom stereocenters. The van der Waals surface area contributed by atoms with E-state index in [9.17, 15) is 4.79 Å². The molecule has 19 heavy (non-hydrogen) atoms. The lowest BCUT2D eigenvalue weighted by molar-refractivity contribution is 0.0982. The maximum atomic E-state index is 11.9. The number of carbonyl (C=O) groups is 1. The minimum Gasteiger partial charge on any atom is -0.293 e. The SMILES string of the molecule is CCc1cc(CC)n(CCCC(=O)c2cccs2)n1. The number of nitrogens with zero attached hydrogens (tertiary/aromatic N) is 2. The number of aromatic nitrogens is 2. The predicted octanol–water partition coefficient (Wildman–Crippen LogP) is 3.73. The number of Topliss-reactive ketones (excluding diaryl/α,β-unsaturated/α-hetero) is 1. The van der Waals surface area contributed by atoms with Gasteiger partial charge in [-0.25, -0.2) is 0 Å². The second-order valence-corrected chi connectivity index (χ2v) is 5.51. The summed E-state index contributed by atoms with van der Waals surface area (Å²) in [5, 5.41) is 6.51. The standard InChI is InChI=1S/C15H20N2OS/c1-3-12-11-13(4-2)17(16-12)9-5-7-14(18)15-8-6-10-19-15/h6,8,10-11H,3-5,7,9H2,1-2H3. The third-order valence-electron chi connectivity index (χ3n) is 3.21. The van der Waals surface area contributed by atoms with E-state index in [2.05, 4.69) is 29.7 Å². The van der Waals surface area contributed by atoms with Crippen molar-refractivity contribution in [3.8, 4) is 0 Å². The highest BCUT2D eigenvalue weighted by atomic mass is 32.1. The Bertz CT molecular complexity index is 528. The summed E-state index contributed by atoms with van der Waals surface area (Å²) in [6.45, 7) is 5.09. The lowest BCUT2D eigenvalue weighted by Gasteiger charge is -2.05. The Kier molecular flexibility index (Phi) is 4.91. The molecule has 0 aliphatic heterocycles. The van der Waals surface area contributed by atoms with E-state index in [-0.39, 0.29) is 5.78 Å². The van der Waals surface area contributed by atoms with Gasteiger partial charge in [-0.2, -0.15) is 5.10 Å². The molecule has 0 amide bonds. The lowest BCUT2D eigenvalue weighted by atomic mass is 10.2. The summed E-state index contributed by atoms with van der Waals surface area (Å²) in [5.74, 6) is 0.246. The van der Waals surface area contributed by atoms with Gasteiger partial charge in [0.05, 0.1) is 10.6 Å². The number of hydrogen-bond acceptors (Lipinski definition) is 3. The minimum atomic E-state index is 0.246. The van der Waals surface area contributed by atoms with Crippen molar-refractivity contribution in [2.45, 2.75) is 46.1 Å². The highest BCUT2D eigenvalue weighted by Gasteiger charge is 2.08. The van der Waals surface area contributed by atoms with Gasteiger partial charge in [0, 0.05) is 18.7 Å². The summed E-state index contributed by atoms with van der Waals surface area (Å²) in [5.41, 5.74) is 2.40. The zero-order valence-corrected chi connectivity index (χ0v) is 12.4. The zero-order chi connectivity index (χ0) is 13.7. The zero-order valence-electron chi connectivity index (χ0n) is 11.6. The summed E-state index contributed by atoms with van der Waals surface area (Å²) in [7, 11) is 0. The molecule has 2 rings (SSSR count). The van der Waals surface area contributed by atoms with E-state index in [0.29, 0.717) is 6.42 Å². The Morgan fingerprint density at radius 3 is 2.84 bits per heavy atom. The smallest absolute Gasteiger partial charge is 0.172 e. The van der Waals surface area contributed by atoms with Crippen LogP contribution in [0.1, 0.15) is 47.7 Å². The van der Waals surface area contributed by atoms with Crippen LogP contribution >= 0.6 is 11.3 Å². The maximum absolute atomic E-state index is 11.9. The van der Waals surface area contributed by atoms with Gasteiger partial charge in [0.15, 0.2) is 5.78 Å². The van der Waals surface area contributed by atoms with E-state index in [4.69, 9.17) is 0 Å². The Morgan fingerprint density at radius 1 is 1.37 bits per heavy atom. The minimum absolute atomic E-state index is 0.246. The van der Waals surface area contributed by atoms with Crippen LogP contribution in [0.4, 0.5) is 0 Å². The van der Waals surface area contributed by atoms with Crippen LogP contribution in [0.5, 0.6) is 0 Å².